The first kappa shape index (κ1) is 53.7. The fourth-order valence-corrected chi connectivity index (χ4v) is 10.8. The minimum absolute atomic E-state index is 0.00332. The first-order chi connectivity index (χ1) is 34.3. The average molecular weight is 989 g/mol. The molecule has 16 nitrogen and oxygen atoms in total. The Morgan fingerprint density at radius 2 is 1.78 bits per heavy atom. The van der Waals surface area contributed by atoms with E-state index in [0.717, 1.165) is 33.3 Å². The smallest absolute Gasteiger partial charge is 0.324 e. The van der Waals surface area contributed by atoms with E-state index in [1.807, 2.05) is 58.0 Å². The molecule has 0 saturated carbocycles. The van der Waals surface area contributed by atoms with E-state index in [1.165, 1.54) is 5.01 Å². The van der Waals surface area contributed by atoms with Crippen LogP contribution in [0.2, 0.25) is 0 Å². The van der Waals surface area contributed by atoms with Crippen LogP contribution in [-0.2, 0) is 52.8 Å². The molecule has 7 rings (SSSR count). The molecule has 3 saturated heterocycles. The number of rotatable bonds is 13. The van der Waals surface area contributed by atoms with Crippen molar-refractivity contribution in [1.29, 1.82) is 0 Å². The number of aryl methyl sites for hydroxylation is 1. The van der Waals surface area contributed by atoms with Gasteiger partial charge in [0.15, 0.2) is 0 Å². The molecule has 16 heteroatoms. The number of benzene rings is 2. The van der Waals surface area contributed by atoms with Crippen LogP contribution in [0.5, 0.6) is 5.75 Å². The summed E-state index contributed by atoms with van der Waals surface area (Å²) >= 11 is 0. The SMILES string of the molecule is C=C/C=N\C(=C\c1c2c3cc(ccc3n1CC)-c1cc(O)cc(c1)C[C@H](NC(=O)[C@H](C(C)C)N1CCC3(CCN(C(=O)/C=C/CN(C)C)CC3)C1=O)C(=O)N1CCC[C@H](N1)C(=O)OCC(C)(C)C2)[C@H](C)OC. The van der Waals surface area contributed by atoms with Gasteiger partial charge in [-0.15, -0.1) is 0 Å². The van der Waals surface area contributed by atoms with E-state index in [0.29, 0.717) is 82.5 Å². The lowest BCUT2D eigenvalue weighted by atomic mass is 9.77. The maximum atomic E-state index is 14.9. The molecule has 4 aliphatic rings. The summed E-state index contributed by atoms with van der Waals surface area (Å²) in [5, 5.41) is 16.9. The number of carbonyl (C=O) groups excluding carboxylic acids is 5. The van der Waals surface area contributed by atoms with Crippen molar-refractivity contribution < 1.29 is 38.6 Å². The highest BCUT2D eigenvalue weighted by atomic mass is 16.5. The highest BCUT2D eigenvalue weighted by Crippen LogP contribution is 2.43. The predicted molar refractivity (Wildman–Crippen MR) is 281 cm³/mol. The maximum Gasteiger partial charge on any atom is 0.324 e. The molecule has 4 amide bonds. The number of carbonyl (C=O) groups is 5. The molecule has 3 N–H and O–H groups in total. The van der Waals surface area contributed by atoms with Crippen LogP contribution in [0.1, 0.15) is 90.5 Å². The van der Waals surface area contributed by atoms with Gasteiger partial charge < -0.3 is 39.2 Å². The van der Waals surface area contributed by atoms with Gasteiger partial charge in [0.25, 0.3) is 5.91 Å². The first-order valence-electron chi connectivity index (χ1n) is 25.6. The Morgan fingerprint density at radius 3 is 2.46 bits per heavy atom. The summed E-state index contributed by atoms with van der Waals surface area (Å²) in [6.45, 7) is 18.7. The number of likely N-dealkylation sites (tertiary alicyclic amines) is 2. The van der Waals surface area contributed by atoms with Gasteiger partial charge in [-0.1, -0.05) is 58.6 Å². The third kappa shape index (κ3) is 11.9. The Morgan fingerprint density at radius 1 is 1.04 bits per heavy atom. The highest BCUT2D eigenvalue weighted by molar-refractivity contribution is 5.96. The minimum atomic E-state index is -1.15. The molecule has 1 spiro atoms. The van der Waals surface area contributed by atoms with E-state index in [1.54, 1.807) is 47.4 Å². The number of hydrogen-bond donors (Lipinski definition) is 3. The maximum absolute atomic E-state index is 14.9. The van der Waals surface area contributed by atoms with Crippen molar-refractivity contribution in [3.05, 3.63) is 83.7 Å². The van der Waals surface area contributed by atoms with Gasteiger partial charge in [0.1, 0.15) is 23.9 Å². The highest BCUT2D eigenvalue weighted by Gasteiger charge is 2.52. The molecule has 0 aliphatic carbocycles. The molecule has 4 atom stereocenters. The molecule has 3 aromatic rings. The molecule has 1 aromatic heterocycles. The van der Waals surface area contributed by atoms with Crippen LogP contribution in [0.4, 0.5) is 0 Å². The number of phenolic OH excluding ortho intramolecular Hbond substituents is 1. The van der Waals surface area contributed by atoms with Crippen molar-refractivity contribution in [2.45, 2.75) is 117 Å². The quantitative estimate of drug-likeness (QED) is 0.100. The number of methoxy groups -OCH3 is 1. The van der Waals surface area contributed by atoms with Crippen molar-refractivity contribution in [1.82, 2.24) is 35.0 Å². The number of likely N-dealkylation sites (N-methyl/N-ethyl adjacent to an activating group) is 1. The summed E-state index contributed by atoms with van der Waals surface area (Å²) < 4.78 is 14.1. The molecule has 6 bridgehead atoms. The first-order valence-corrected chi connectivity index (χ1v) is 25.6. The summed E-state index contributed by atoms with van der Waals surface area (Å²) in [5.74, 6) is -1.90. The Balaban J connectivity index is 1.24. The lowest BCUT2D eigenvalue weighted by molar-refractivity contribution is -0.155. The number of nitrogens with one attached hydrogen (secondary N) is 2. The van der Waals surface area contributed by atoms with Gasteiger partial charge in [0.05, 0.1) is 23.8 Å². The van der Waals surface area contributed by atoms with Crippen molar-refractivity contribution in [2.75, 3.05) is 60.5 Å². The lowest BCUT2D eigenvalue weighted by Gasteiger charge is -2.39. The van der Waals surface area contributed by atoms with Gasteiger partial charge in [-0.25, -0.2) is 5.43 Å². The molecule has 4 aliphatic heterocycles. The monoisotopic (exact) mass is 989 g/mol. The van der Waals surface area contributed by atoms with Crippen LogP contribution < -0.4 is 10.7 Å². The zero-order valence-electron chi connectivity index (χ0n) is 43.8. The number of ether oxygens (including phenoxy) is 2. The molecule has 72 heavy (non-hydrogen) atoms. The van der Waals surface area contributed by atoms with Gasteiger partial charge in [0.2, 0.25) is 17.7 Å². The fraction of sp³-hybridized carbons (Fsp3) is 0.536. The zero-order valence-corrected chi connectivity index (χ0v) is 43.8. The van der Waals surface area contributed by atoms with Crippen molar-refractivity contribution in [3.63, 3.8) is 0 Å². The number of piperidine rings is 1. The van der Waals surface area contributed by atoms with E-state index in [9.17, 15) is 29.1 Å². The number of amides is 4. The summed E-state index contributed by atoms with van der Waals surface area (Å²) in [5.41, 5.74) is 7.75. The molecule has 3 fully saturated rings. The molecule has 388 valence electrons. The van der Waals surface area contributed by atoms with Crippen molar-refractivity contribution in [3.8, 4) is 16.9 Å². The Kier molecular flexibility index (Phi) is 17.0. The Labute approximate surface area is 425 Å². The number of hydrazine groups is 1. The number of fused-ring (bicyclic) bond motifs is 6. The van der Waals surface area contributed by atoms with Gasteiger partial charge in [-0.3, -0.25) is 34.0 Å². The second-order valence-corrected chi connectivity index (χ2v) is 21.4. The van der Waals surface area contributed by atoms with E-state index in [4.69, 9.17) is 14.5 Å². The standard InChI is InChI=1S/C56H76N8O8/c1-11-22-57-45(37(5)71-10)33-48-43-34-55(6,7)35-72-53(69)44-15-13-24-64(59-44)52(68)46(30-38-28-40(31-41(65)29-38)39-17-18-47(42(43)32-39)62(48)12-2)58-51(67)50(36(3)4)63-27-21-56(54(63)70)19-25-61(26-20-56)49(66)16-14-23-60(8)9/h11,14,16-18,22,28-29,31-33,36-37,44,46,50,59,65H,1,12-13,15,19-21,23-27,30,34-35H2,2-10H3,(H,58,67)/b16-14+,45-33+,57-22-/t37-,44-,46-,50-/m0/s1. The normalized spacial score (nSPS) is 21.8. The number of hydrogen-bond acceptors (Lipinski definition) is 11. The van der Waals surface area contributed by atoms with E-state index >= 15 is 0 Å². The number of aliphatic imine (C=N–C) groups is 1. The Hall–Kier alpha value is -6.10. The number of phenols is 1. The topological polar surface area (TPSA) is 178 Å². The minimum Gasteiger partial charge on any atom is -0.508 e. The second kappa shape index (κ2) is 22.8. The predicted octanol–water partition coefficient (Wildman–Crippen LogP) is 6.30. The molecule has 5 heterocycles. The number of aromatic hydroxyl groups is 1. The van der Waals surface area contributed by atoms with Gasteiger partial charge >= 0.3 is 5.97 Å². The molecular formula is C56H76N8O8. The largest absolute Gasteiger partial charge is 0.508 e. The van der Waals surface area contributed by atoms with Crippen LogP contribution >= 0.6 is 0 Å². The van der Waals surface area contributed by atoms with E-state index in [2.05, 4.69) is 60.9 Å². The number of nitrogens with zero attached hydrogens (tertiary/aromatic N) is 6. The summed E-state index contributed by atoms with van der Waals surface area (Å²) in [7, 11) is 5.52. The fourth-order valence-electron chi connectivity index (χ4n) is 10.8. The zero-order chi connectivity index (χ0) is 52.1. The summed E-state index contributed by atoms with van der Waals surface area (Å²) in [6, 6.07) is 8.60. The van der Waals surface area contributed by atoms with Gasteiger partial charge in [-0.2, -0.15) is 0 Å². The van der Waals surface area contributed by atoms with E-state index in [-0.39, 0.29) is 49.2 Å². The van der Waals surface area contributed by atoms with Crippen LogP contribution in [-0.4, -0.2) is 150 Å². The lowest BCUT2D eigenvalue weighted by Crippen LogP contribution is -2.62. The summed E-state index contributed by atoms with van der Waals surface area (Å²) in [4.78, 5) is 81.3. The number of allylic oxidation sites excluding steroid dienone is 1. The van der Waals surface area contributed by atoms with Crippen molar-refractivity contribution >= 4 is 52.8 Å². The van der Waals surface area contributed by atoms with E-state index < -0.39 is 46.7 Å². The third-order valence-electron chi connectivity index (χ3n) is 14.8. The van der Waals surface area contributed by atoms with Crippen LogP contribution in [0, 0.1) is 16.7 Å². The van der Waals surface area contributed by atoms with Crippen LogP contribution in [0.15, 0.2) is 71.9 Å². The third-order valence-corrected chi connectivity index (χ3v) is 14.8. The number of esters is 1. The summed E-state index contributed by atoms with van der Waals surface area (Å²) in [6.07, 6.45) is 11.5. The molecule has 0 unspecified atom stereocenters. The molecular weight excluding hydrogens is 913 g/mol. The average Bonchev–Trinajstić information content (AvgIpc) is 3.81. The second-order valence-electron chi connectivity index (χ2n) is 21.4. The van der Waals surface area contributed by atoms with Gasteiger partial charge in [0, 0.05) is 87.1 Å². The number of aromatic nitrogens is 1. The van der Waals surface area contributed by atoms with Crippen LogP contribution in [0.3, 0.4) is 0 Å². The number of cyclic esters (lactones) is 1. The van der Waals surface area contributed by atoms with Gasteiger partial charge in [-0.05, 0) is 125 Å². The molecule has 2 aromatic carbocycles. The Bertz CT molecular complexity index is 2620. The molecule has 0 radical (unpaired) electrons. The van der Waals surface area contributed by atoms with Crippen molar-refractivity contribution in [2.24, 2.45) is 21.7 Å². The van der Waals surface area contributed by atoms with Crippen LogP contribution in [0.25, 0.3) is 28.1 Å².